The van der Waals surface area contributed by atoms with E-state index in [1.165, 1.54) is 18.2 Å². The quantitative estimate of drug-likeness (QED) is 0.696. The topological polar surface area (TPSA) is 104 Å². The van der Waals surface area contributed by atoms with E-state index in [-0.39, 0.29) is 11.3 Å². The molecule has 1 rings (SSSR count). The zero-order valence-corrected chi connectivity index (χ0v) is 12.7. The molecular weight excluding hydrogens is 362 g/mol. The first-order valence-corrected chi connectivity index (χ1v) is 7.74. The normalized spacial score (nSPS) is 13.2. The monoisotopic (exact) mass is 371 g/mol. The first-order valence-electron chi connectivity index (χ1n) is 5.09. The third-order valence-corrected chi connectivity index (χ3v) is 4.90. The van der Waals surface area contributed by atoms with E-state index >= 15 is 0 Å². The van der Waals surface area contributed by atoms with Crippen LogP contribution in [0.5, 0.6) is 0 Å². The molecule has 1 aromatic rings. The number of aliphatic hydroxyl groups is 1. The number of hydrogen-bond acceptors (Lipinski definition) is 4. The maximum absolute atomic E-state index is 12.0. The van der Waals surface area contributed by atoms with E-state index in [9.17, 15) is 13.2 Å². The van der Waals surface area contributed by atoms with E-state index in [2.05, 4.69) is 15.9 Å². The van der Waals surface area contributed by atoms with Gasteiger partial charge in [0.15, 0.2) is 0 Å². The molecule has 0 bridgehead atoms. The van der Waals surface area contributed by atoms with Crippen molar-refractivity contribution in [1.82, 2.24) is 4.72 Å². The van der Waals surface area contributed by atoms with Crippen molar-refractivity contribution in [2.75, 3.05) is 6.61 Å². The van der Waals surface area contributed by atoms with Gasteiger partial charge in [0.25, 0.3) is 0 Å². The Hall–Kier alpha value is -0.670. The number of aliphatic hydroxyl groups excluding tert-OH is 1. The lowest BCUT2D eigenvalue weighted by molar-refractivity contribution is -0.139. The molecule has 6 nitrogen and oxygen atoms in total. The average molecular weight is 373 g/mol. The second-order valence-electron chi connectivity index (χ2n) is 3.60. The highest BCUT2D eigenvalue weighted by atomic mass is 79.9. The van der Waals surface area contributed by atoms with Crippen molar-refractivity contribution >= 4 is 43.5 Å². The maximum atomic E-state index is 12.0. The van der Waals surface area contributed by atoms with Crippen LogP contribution in [0.15, 0.2) is 27.6 Å². The van der Waals surface area contributed by atoms with Crippen LogP contribution in [-0.2, 0) is 14.8 Å². The largest absolute Gasteiger partial charge is 0.480 e. The number of carboxylic acids is 1. The van der Waals surface area contributed by atoms with Gasteiger partial charge in [0, 0.05) is 11.1 Å². The SMILES string of the molecule is O=C(O)[C@H](CCO)NS(=O)(=O)c1ccc(Cl)c(Br)c1. The lowest BCUT2D eigenvalue weighted by Gasteiger charge is -2.14. The second kappa shape index (κ2) is 6.67. The van der Waals surface area contributed by atoms with Gasteiger partial charge in [0.2, 0.25) is 10.0 Å². The van der Waals surface area contributed by atoms with Crippen LogP contribution >= 0.6 is 27.5 Å². The molecule has 19 heavy (non-hydrogen) atoms. The van der Waals surface area contributed by atoms with Crippen LogP contribution in [0, 0.1) is 0 Å². The minimum Gasteiger partial charge on any atom is -0.480 e. The highest BCUT2D eigenvalue weighted by Crippen LogP contribution is 2.25. The van der Waals surface area contributed by atoms with Crippen LogP contribution in [0.2, 0.25) is 5.02 Å². The van der Waals surface area contributed by atoms with Crippen LogP contribution < -0.4 is 4.72 Å². The Morgan fingerprint density at radius 1 is 1.47 bits per heavy atom. The van der Waals surface area contributed by atoms with E-state index in [1.54, 1.807) is 0 Å². The van der Waals surface area contributed by atoms with Gasteiger partial charge in [-0.05, 0) is 40.5 Å². The molecule has 0 saturated heterocycles. The fourth-order valence-corrected chi connectivity index (χ4v) is 3.16. The predicted octanol–water partition coefficient (Wildman–Crippen LogP) is 1.22. The molecular formula is C10H11BrClNO5S. The van der Waals surface area contributed by atoms with Crippen LogP contribution in [0.25, 0.3) is 0 Å². The number of halogens is 2. The van der Waals surface area contributed by atoms with E-state index in [1.807, 2.05) is 4.72 Å². The van der Waals surface area contributed by atoms with E-state index in [0.717, 1.165) is 0 Å². The third-order valence-electron chi connectivity index (χ3n) is 2.21. The molecule has 3 N–H and O–H groups in total. The summed E-state index contributed by atoms with van der Waals surface area (Å²) in [6, 6.07) is 2.52. The fraction of sp³-hybridized carbons (Fsp3) is 0.300. The molecule has 0 unspecified atom stereocenters. The summed E-state index contributed by atoms with van der Waals surface area (Å²) in [5, 5.41) is 17.9. The number of carbonyl (C=O) groups is 1. The molecule has 106 valence electrons. The molecule has 0 radical (unpaired) electrons. The van der Waals surface area contributed by atoms with Gasteiger partial charge in [-0.3, -0.25) is 4.79 Å². The van der Waals surface area contributed by atoms with Crippen molar-refractivity contribution in [3.63, 3.8) is 0 Å². The highest BCUT2D eigenvalue weighted by molar-refractivity contribution is 9.10. The summed E-state index contributed by atoms with van der Waals surface area (Å²) >= 11 is 8.83. The summed E-state index contributed by atoms with van der Waals surface area (Å²) < 4.78 is 26.3. The minimum atomic E-state index is -4.00. The molecule has 0 saturated carbocycles. The molecule has 0 fully saturated rings. The van der Waals surface area contributed by atoms with Gasteiger partial charge >= 0.3 is 5.97 Å². The number of hydrogen-bond donors (Lipinski definition) is 3. The molecule has 0 aliphatic rings. The second-order valence-corrected chi connectivity index (χ2v) is 6.58. The average Bonchev–Trinajstić information content (AvgIpc) is 2.31. The van der Waals surface area contributed by atoms with Gasteiger partial charge in [-0.25, -0.2) is 8.42 Å². The van der Waals surface area contributed by atoms with Crippen LogP contribution in [0.4, 0.5) is 0 Å². The van der Waals surface area contributed by atoms with Crippen molar-refractivity contribution < 1.29 is 23.4 Å². The van der Waals surface area contributed by atoms with Crippen molar-refractivity contribution in [3.05, 3.63) is 27.7 Å². The lowest BCUT2D eigenvalue weighted by Crippen LogP contribution is -2.41. The molecule has 9 heteroatoms. The van der Waals surface area contributed by atoms with Gasteiger partial charge in [0.1, 0.15) is 6.04 Å². The number of benzene rings is 1. The summed E-state index contributed by atoms with van der Waals surface area (Å²) in [4.78, 5) is 10.7. The van der Waals surface area contributed by atoms with Crippen molar-refractivity contribution in [2.24, 2.45) is 0 Å². The zero-order chi connectivity index (χ0) is 14.6. The smallest absolute Gasteiger partial charge is 0.321 e. The molecule has 0 aliphatic heterocycles. The Bertz CT molecular complexity index is 577. The molecule has 0 spiro atoms. The Balaban J connectivity index is 3.03. The van der Waals surface area contributed by atoms with E-state index in [0.29, 0.717) is 9.50 Å². The van der Waals surface area contributed by atoms with Crippen LogP contribution in [-0.4, -0.2) is 37.2 Å². The standard InChI is InChI=1S/C10H11BrClNO5S/c11-7-5-6(1-2-8(7)12)19(17,18)13-9(3-4-14)10(15)16/h1-2,5,9,13-14H,3-4H2,(H,15,16)/t9-/m0/s1. The maximum Gasteiger partial charge on any atom is 0.321 e. The molecule has 1 aromatic carbocycles. The lowest BCUT2D eigenvalue weighted by atomic mass is 10.2. The van der Waals surface area contributed by atoms with Crippen LogP contribution in [0.1, 0.15) is 6.42 Å². The summed E-state index contributed by atoms with van der Waals surface area (Å²) in [6.45, 7) is -0.441. The van der Waals surface area contributed by atoms with Crippen LogP contribution in [0.3, 0.4) is 0 Å². The number of aliphatic carboxylic acids is 1. The van der Waals surface area contributed by atoms with Crippen molar-refractivity contribution in [2.45, 2.75) is 17.4 Å². The van der Waals surface area contributed by atoms with Gasteiger partial charge < -0.3 is 10.2 Å². The Labute approximate surface area is 123 Å². The summed E-state index contributed by atoms with van der Waals surface area (Å²) in [6.07, 6.45) is -0.219. The fourth-order valence-electron chi connectivity index (χ4n) is 1.26. The minimum absolute atomic E-state index is 0.118. The summed E-state index contributed by atoms with van der Waals surface area (Å²) in [7, 11) is -4.00. The summed E-state index contributed by atoms with van der Waals surface area (Å²) in [5.41, 5.74) is 0. The Morgan fingerprint density at radius 3 is 2.58 bits per heavy atom. The molecule has 0 heterocycles. The third kappa shape index (κ3) is 4.43. The number of sulfonamides is 1. The van der Waals surface area contributed by atoms with Gasteiger partial charge in [-0.1, -0.05) is 11.6 Å². The first-order chi connectivity index (χ1) is 8.77. The van der Waals surface area contributed by atoms with Gasteiger partial charge in [-0.15, -0.1) is 0 Å². The number of nitrogens with one attached hydrogen (secondary N) is 1. The molecule has 0 aliphatic carbocycles. The van der Waals surface area contributed by atoms with Crippen molar-refractivity contribution in [3.8, 4) is 0 Å². The molecule has 1 atom stereocenters. The van der Waals surface area contributed by atoms with Crippen molar-refractivity contribution in [1.29, 1.82) is 0 Å². The Morgan fingerprint density at radius 2 is 2.11 bits per heavy atom. The Kier molecular flexibility index (Phi) is 5.75. The van der Waals surface area contributed by atoms with Gasteiger partial charge in [0.05, 0.1) is 9.92 Å². The predicted molar refractivity (Wildman–Crippen MR) is 72.6 cm³/mol. The molecule has 0 amide bonds. The van der Waals surface area contributed by atoms with Gasteiger partial charge in [-0.2, -0.15) is 4.72 Å². The number of rotatable bonds is 6. The zero-order valence-electron chi connectivity index (χ0n) is 9.51. The summed E-state index contributed by atoms with van der Waals surface area (Å²) in [5.74, 6) is -1.36. The van der Waals surface area contributed by atoms with E-state index < -0.39 is 28.6 Å². The first kappa shape index (κ1) is 16.4. The van der Waals surface area contributed by atoms with E-state index in [4.69, 9.17) is 21.8 Å². The highest BCUT2D eigenvalue weighted by Gasteiger charge is 2.25. The number of carboxylic acid groups (broad SMARTS) is 1. The molecule has 0 aromatic heterocycles.